The molecule has 1 N–H and O–H groups in total. The molecular formula is C7H9N3. The van der Waals surface area contributed by atoms with E-state index in [2.05, 4.69) is 21.9 Å². The largest absolute Gasteiger partial charge is 0.367 e. The summed E-state index contributed by atoms with van der Waals surface area (Å²) in [5, 5.41) is 3.03. The summed E-state index contributed by atoms with van der Waals surface area (Å²) in [5.74, 6) is 0.829. The maximum Gasteiger partial charge on any atom is 0.129 e. The van der Waals surface area contributed by atoms with Crippen LogP contribution in [0, 0.1) is 0 Å². The lowest BCUT2D eigenvalue weighted by Crippen LogP contribution is -1.99. The van der Waals surface area contributed by atoms with Gasteiger partial charge in [-0.1, -0.05) is 6.08 Å². The van der Waals surface area contributed by atoms with Crippen molar-refractivity contribution in [3.05, 3.63) is 31.2 Å². The molecule has 0 unspecified atom stereocenters. The van der Waals surface area contributed by atoms with Crippen molar-refractivity contribution in [1.29, 1.82) is 0 Å². The van der Waals surface area contributed by atoms with E-state index in [1.807, 2.05) is 6.07 Å². The highest BCUT2D eigenvalue weighted by Gasteiger charge is 1.85. The molecule has 0 saturated carbocycles. The quantitative estimate of drug-likeness (QED) is 0.630. The third-order valence-corrected chi connectivity index (χ3v) is 1.01. The second-order valence-electron chi connectivity index (χ2n) is 1.76. The van der Waals surface area contributed by atoms with Gasteiger partial charge in [-0.05, 0) is 6.07 Å². The normalized spacial score (nSPS) is 8.80. The van der Waals surface area contributed by atoms with Gasteiger partial charge in [-0.2, -0.15) is 0 Å². The third-order valence-electron chi connectivity index (χ3n) is 1.01. The fourth-order valence-corrected chi connectivity index (χ4v) is 0.572. The number of anilines is 1. The van der Waals surface area contributed by atoms with Crippen LogP contribution < -0.4 is 5.32 Å². The Bertz CT molecular complexity index is 195. The number of rotatable bonds is 3. The summed E-state index contributed by atoms with van der Waals surface area (Å²) in [5.41, 5.74) is 0. The van der Waals surface area contributed by atoms with E-state index >= 15 is 0 Å². The van der Waals surface area contributed by atoms with Crippen molar-refractivity contribution in [3.63, 3.8) is 0 Å². The Morgan fingerprint density at radius 1 is 1.70 bits per heavy atom. The van der Waals surface area contributed by atoms with Crippen molar-refractivity contribution in [2.24, 2.45) is 0 Å². The lowest BCUT2D eigenvalue weighted by molar-refractivity contribution is 1.14. The fraction of sp³-hybridized carbons (Fsp3) is 0.143. The lowest BCUT2D eigenvalue weighted by Gasteiger charge is -1.98. The standard InChI is InChI=1S/C7H9N3/c1-2-4-9-7-3-5-8-6-10-7/h2-3,5-6H,1,4H2,(H,8,9,10). The van der Waals surface area contributed by atoms with E-state index < -0.39 is 0 Å². The molecule has 1 aromatic rings. The molecule has 0 fully saturated rings. The smallest absolute Gasteiger partial charge is 0.129 e. The van der Waals surface area contributed by atoms with Crippen LogP contribution in [0.25, 0.3) is 0 Å². The molecule has 0 spiro atoms. The number of nitrogens with zero attached hydrogens (tertiary/aromatic N) is 2. The van der Waals surface area contributed by atoms with E-state index in [1.165, 1.54) is 6.33 Å². The van der Waals surface area contributed by atoms with Crippen LogP contribution in [-0.2, 0) is 0 Å². The highest BCUT2D eigenvalue weighted by atomic mass is 15.0. The zero-order valence-electron chi connectivity index (χ0n) is 5.62. The molecule has 0 amide bonds. The molecule has 52 valence electrons. The molecule has 0 bridgehead atoms. The fourth-order valence-electron chi connectivity index (χ4n) is 0.572. The molecule has 0 radical (unpaired) electrons. The van der Waals surface area contributed by atoms with Crippen LogP contribution in [0.5, 0.6) is 0 Å². The molecule has 0 atom stereocenters. The molecule has 1 aromatic heterocycles. The van der Waals surface area contributed by atoms with Crippen molar-refractivity contribution in [1.82, 2.24) is 9.97 Å². The predicted molar refractivity (Wildman–Crippen MR) is 40.7 cm³/mol. The monoisotopic (exact) mass is 135 g/mol. The summed E-state index contributed by atoms with van der Waals surface area (Å²) in [4.78, 5) is 7.72. The van der Waals surface area contributed by atoms with E-state index in [-0.39, 0.29) is 0 Å². The first kappa shape index (κ1) is 6.74. The first-order valence-corrected chi connectivity index (χ1v) is 3.04. The van der Waals surface area contributed by atoms with E-state index in [4.69, 9.17) is 0 Å². The molecule has 0 aliphatic rings. The molecule has 10 heavy (non-hydrogen) atoms. The Morgan fingerprint density at radius 3 is 3.20 bits per heavy atom. The maximum atomic E-state index is 3.95. The maximum absolute atomic E-state index is 3.95. The van der Waals surface area contributed by atoms with Crippen LogP contribution >= 0.6 is 0 Å². The van der Waals surface area contributed by atoms with Crippen LogP contribution in [0.1, 0.15) is 0 Å². The SMILES string of the molecule is C=CCNc1ccncn1. The summed E-state index contributed by atoms with van der Waals surface area (Å²) < 4.78 is 0. The zero-order valence-corrected chi connectivity index (χ0v) is 5.62. The minimum atomic E-state index is 0.733. The lowest BCUT2D eigenvalue weighted by atomic mass is 10.5. The Balaban J connectivity index is 2.50. The average Bonchev–Trinajstić information content (AvgIpc) is 2.03. The van der Waals surface area contributed by atoms with Gasteiger partial charge in [-0.3, -0.25) is 0 Å². The van der Waals surface area contributed by atoms with Gasteiger partial charge in [-0.15, -0.1) is 6.58 Å². The van der Waals surface area contributed by atoms with Crippen molar-refractivity contribution >= 4 is 5.82 Å². The van der Waals surface area contributed by atoms with Gasteiger partial charge in [-0.25, -0.2) is 9.97 Å². The molecule has 1 heterocycles. The van der Waals surface area contributed by atoms with E-state index in [0.29, 0.717) is 0 Å². The molecule has 1 rings (SSSR count). The Hall–Kier alpha value is -1.38. The summed E-state index contributed by atoms with van der Waals surface area (Å²) in [6.07, 6.45) is 4.98. The van der Waals surface area contributed by atoms with Gasteiger partial charge < -0.3 is 5.32 Å². The van der Waals surface area contributed by atoms with E-state index in [1.54, 1.807) is 12.3 Å². The predicted octanol–water partition coefficient (Wildman–Crippen LogP) is 1.07. The summed E-state index contributed by atoms with van der Waals surface area (Å²) in [7, 11) is 0. The van der Waals surface area contributed by atoms with Gasteiger partial charge in [0.1, 0.15) is 12.1 Å². The topological polar surface area (TPSA) is 37.8 Å². The van der Waals surface area contributed by atoms with Crippen LogP contribution in [0.3, 0.4) is 0 Å². The molecule has 3 heteroatoms. The van der Waals surface area contributed by atoms with Gasteiger partial charge in [0.25, 0.3) is 0 Å². The minimum absolute atomic E-state index is 0.733. The van der Waals surface area contributed by atoms with Gasteiger partial charge in [0.15, 0.2) is 0 Å². The molecule has 0 aromatic carbocycles. The first-order chi connectivity index (χ1) is 4.93. The second kappa shape index (κ2) is 3.61. The molecule has 0 saturated heterocycles. The van der Waals surface area contributed by atoms with Gasteiger partial charge >= 0.3 is 0 Å². The molecular weight excluding hydrogens is 126 g/mol. The number of hydrogen-bond acceptors (Lipinski definition) is 3. The molecule has 0 aliphatic carbocycles. The van der Waals surface area contributed by atoms with Gasteiger partial charge in [0, 0.05) is 12.7 Å². The molecule has 3 nitrogen and oxygen atoms in total. The number of aromatic nitrogens is 2. The van der Waals surface area contributed by atoms with Crippen molar-refractivity contribution in [3.8, 4) is 0 Å². The van der Waals surface area contributed by atoms with Crippen LogP contribution in [0.15, 0.2) is 31.2 Å². The van der Waals surface area contributed by atoms with Crippen LogP contribution in [0.2, 0.25) is 0 Å². The Kier molecular flexibility index (Phi) is 2.43. The van der Waals surface area contributed by atoms with Crippen molar-refractivity contribution in [2.45, 2.75) is 0 Å². The second-order valence-corrected chi connectivity index (χ2v) is 1.76. The van der Waals surface area contributed by atoms with E-state index in [0.717, 1.165) is 12.4 Å². The van der Waals surface area contributed by atoms with Gasteiger partial charge in [0.05, 0.1) is 0 Å². The minimum Gasteiger partial charge on any atom is -0.367 e. The van der Waals surface area contributed by atoms with Crippen molar-refractivity contribution in [2.75, 3.05) is 11.9 Å². The average molecular weight is 135 g/mol. The highest BCUT2D eigenvalue weighted by molar-refractivity contribution is 5.31. The van der Waals surface area contributed by atoms with E-state index in [9.17, 15) is 0 Å². The highest BCUT2D eigenvalue weighted by Crippen LogP contribution is 1.95. The number of nitrogens with one attached hydrogen (secondary N) is 1. The zero-order chi connectivity index (χ0) is 7.23. The Labute approximate surface area is 59.8 Å². The van der Waals surface area contributed by atoms with Crippen LogP contribution in [-0.4, -0.2) is 16.5 Å². The molecule has 0 aliphatic heterocycles. The van der Waals surface area contributed by atoms with Gasteiger partial charge in [0.2, 0.25) is 0 Å². The first-order valence-electron chi connectivity index (χ1n) is 3.04. The summed E-state index contributed by atoms with van der Waals surface area (Å²) in [6, 6.07) is 1.81. The summed E-state index contributed by atoms with van der Waals surface area (Å²) in [6.45, 7) is 4.30. The Morgan fingerprint density at radius 2 is 2.60 bits per heavy atom. The summed E-state index contributed by atoms with van der Waals surface area (Å²) >= 11 is 0. The number of hydrogen-bond donors (Lipinski definition) is 1. The van der Waals surface area contributed by atoms with Crippen LogP contribution in [0.4, 0.5) is 5.82 Å². The van der Waals surface area contributed by atoms with Crippen molar-refractivity contribution < 1.29 is 0 Å². The third kappa shape index (κ3) is 1.85.